The molecule has 1 fully saturated rings. The molecule has 0 N–H and O–H groups in total. The normalized spacial score (nSPS) is 14.0. The zero-order valence-electron chi connectivity index (χ0n) is 22.1. The summed E-state index contributed by atoms with van der Waals surface area (Å²) in [4.78, 5) is 24.9. The van der Waals surface area contributed by atoms with Crippen LogP contribution in [0.1, 0.15) is 72.5 Å². The fourth-order valence-electron chi connectivity index (χ4n) is 4.67. The number of benzene rings is 1. The Morgan fingerprint density at radius 1 is 0.976 bits per heavy atom. The van der Waals surface area contributed by atoms with E-state index in [0.29, 0.717) is 5.56 Å². The van der Waals surface area contributed by atoms with Crippen LogP contribution in [-0.2, 0) is 12.7 Å². The van der Waals surface area contributed by atoms with Gasteiger partial charge in [0.1, 0.15) is 17.2 Å². The Balaban J connectivity index is 0.000000417. The maximum Gasteiger partial charge on any atom is 0.418 e. The fourth-order valence-corrected chi connectivity index (χ4v) is 4.67. The van der Waals surface area contributed by atoms with E-state index in [1.54, 1.807) is 6.07 Å². The quantitative estimate of drug-likeness (QED) is 0.234. The molecule has 1 aliphatic carbocycles. The minimum atomic E-state index is -4.66. The van der Waals surface area contributed by atoms with Crippen molar-refractivity contribution in [2.24, 2.45) is 0 Å². The number of aromatic nitrogens is 5. The fraction of sp³-hybridized carbons (Fsp3) is 0.345. The number of nitrogens with zero attached hydrogens (tertiary/aromatic N) is 5. The van der Waals surface area contributed by atoms with Gasteiger partial charge in [-0.2, -0.15) is 18.3 Å². The maximum atomic E-state index is 13.4. The van der Waals surface area contributed by atoms with Crippen LogP contribution in [0, 0.1) is 12.7 Å². The second kappa shape index (κ2) is 13.0. The molecule has 6 nitrogen and oxygen atoms in total. The summed E-state index contributed by atoms with van der Waals surface area (Å²) in [5.74, 6) is -0.399. The average molecular weight is 576 g/mol. The third kappa shape index (κ3) is 7.77. The van der Waals surface area contributed by atoms with Gasteiger partial charge in [0.05, 0.1) is 17.8 Å². The van der Waals surface area contributed by atoms with Gasteiger partial charge < -0.3 is 0 Å². The summed E-state index contributed by atoms with van der Waals surface area (Å²) < 4.78 is 79.7. The molecule has 0 saturated heterocycles. The molecule has 0 spiro atoms. The molecule has 3 aromatic heterocycles. The van der Waals surface area contributed by atoms with Crippen molar-refractivity contribution in [3.63, 3.8) is 0 Å². The zero-order chi connectivity index (χ0) is 29.6. The van der Waals surface area contributed by atoms with Gasteiger partial charge in [-0.25, -0.2) is 27.8 Å². The van der Waals surface area contributed by atoms with E-state index in [-0.39, 0.29) is 28.9 Å². The zero-order valence-corrected chi connectivity index (χ0v) is 22.1. The van der Waals surface area contributed by atoms with E-state index in [0.717, 1.165) is 66.7 Å². The second-order valence-corrected chi connectivity index (χ2v) is 9.68. The minimum absolute atomic E-state index is 0.0437. The lowest BCUT2D eigenvalue weighted by molar-refractivity contribution is -0.138. The number of hydrogen-bond donors (Lipinski definition) is 0. The molecule has 12 heteroatoms. The first-order valence-corrected chi connectivity index (χ1v) is 13.0. The van der Waals surface area contributed by atoms with Gasteiger partial charge in [-0.05, 0) is 67.6 Å². The van der Waals surface area contributed by atoms with Crippen molar-refractivity contribution in [1.29, 1.82) is 0 Å². The van der Waals surface area contributed by atoms with Gasteiger partial charge in [0.2, 0.25) is 0 Å². The number of hydrogen-bond acceptors (Lipinski definition) is 5. The van der Waals surface area contributed by atoms with Gasteiger partial charge >= 0.3 is 6.18 Å². The summed E-state index contributed by atoms with van der Waals surface area (Å²) in [5.41, 5.74) is -1.01. The topological polar surface area (TPSA) is 73.6 Å². The van der Waals surface area contributed by atoms with E-state index in [1.807, 2.05) is 13.0 Å². The summed E-state index contributed by atoms with van der Waals surface area (Å²) >= 11 is 0. The Bertz CT molecular complexity index is 1520. The average Bonchev–Trinajstić information content (AvgIpc) is 2.94. The van der Waals surface area contributed by atoms with Gasteiger partial charge in [0.25, 0.3) is 12.0 Å². The molecule has 3 heterocycles. The monoisotopic (exact) mass is 575 g/mol. The smallest absolute Gasteiger partial charge is 0.267 e. The first-order chi connectivity index (χ1) is 19.5. The van der Waals surface area contributed by atoms with Crippen LogP contribution in [0.2, 0.25) is 0 Å². The molecule has 1 aromatic carbocycles. The first-order valence-electron chi connectivity index (χ1n) is 13.0. The summed E-state index contributed by atoms with van der Waals surface area (Å²) in [7, 11) is 0. The van der Waals surface area contributed by atoms with Crippen LogP contribution in [0.3, 0.4) is 0 Å². The largest absolute Gasteiger partial charge is 0.418 e. The first kappa shape index (κ1) is 29.9. The minimum Gasteiger partial charge on any atom is -0.267 e. The summed E-state index contributed by atoms with van der Waals surface area (Å²) in [6.45, 7) is 1.33. The maximum absolute atomic E-state index is 13.4. The molecule has 0 aliphatic heterocycles. The Labute approximate surface area is 232 Å². The molecule has 4 aromatic rings. The van der Waals surface area contributed by atoms with E-state index in [9.17, 15) is 31.1 Å². The number of halogens is 6. The lowest BCUT2D eigenvalue weighted by Gasteiger charge is -2.22. The predicted molar refractivity (Wildman–Crippen MR) is 140 cm³/mol. The summed E-state index contributed by atoms with van der Waals surface area (Å²) in [6, 6.07) is 11.1. The summed E-state index contributed by atoms with van der Waals surface area (Å²) in [6.07, 6.45) is -0.787. The van der Waals surface area contributed by atoms with Crippen molar-refractivity contribution in [2.45, 2.75) is 64.1 Å². The second-order valence-electron chi connectivity index (χ2n) is 9.68. The van der Waals surface area contributed by atoms with E-state index in [2.05, 4.69) is 20.1 Å². The van der Waals surface area contributed by atoms with Crippen molar-refractivity contribution in [2.75, 3.05) is 0 Å². The van der Waals surface area contributed by atoms with Gasteiger partial charge in [0.15, 0.2) is 5.82 Å². The molecule has 216 valence electrons. The Kier molecular flexibility index (Phi) is 9.51. The van der Waals surface area contributed by atoms with Crippen LogP contribution >= 0.6 is 0 Å². The third-order valence-corrected chi connectivity index (χ3v) is 6.65. The van der Waals surface area contributed by atoms with Crippen LogP contribution in [0.4, 0.5) is 26.3 Å². The highest BCUT2D eigenvalue weighted by atomic mass is 19.4. The van der Waals surface area contributed by atoms with Crippen LogP contribution in [0.15, 0.2) is 65.7 Å². The van der Waals surface area contributed by atoms with Gasteiger partial charge in [-0.15, -0.1) is 0 Å². The summed E-state index contributed by atoms with van der Waals surface area (Å²) in [5, 5.41) is 4.14. The Hall–Kier alpha value is -4.09. The molecule has 1 saturated carbocycles. The van der Waals surface area contributed by atoms with Gasteiger partial charge in [-0.1, -0.05) is 31.4 Å². The van der Waals surface area contributed by atoms with Crippen molar-refractivity contribution < 1.29 is 26.3 Å². The van der Waals surface area contributed by atoms with E-state index in [4.69, 9.17) is 0 Å². The van der Waals surface area contributed by atoms with E-state index < -0.39 is 36.0 Å². The Morgan fingerprint density at radius 2 is 1.73 bits per heavy atom. The molecular weight excluding hydrogens is 548 g/mol. The lowest BCUT2D eigenvalue weighted by atomic mass is 9.84. The molecule has 1 aliphatic rings. The molecule has 0 atom stereocenters. The van der Waals surface area contributed by atoms with E-state index >= 15 is 0 Å². The highest BCUT2D eigenvalue weighted by Gasteiger charge is 2.34. The molecule has 0 radical (unpaired) electrons. The molecule has 0 bridgehead atoms. The highest BCUT2D eigenvalue weighted by molar-refractivity contribution is 5.50. The highest BCUT2D eigenvalue weighted by Crippen LogP contribution is 2.33. The molecule has 0 unspecified atom stereocenters. The Morgan fingerprint density at radius 3 is 2.37 bits per heavy atom. The van der Waals surface area contributed by atoms with E-state index in [1.165, 1.54) is 24.4 Å². The van der Waals surface area contributed by atoms with Gasteiger partial charge in [0, 0.05) is 18.0 Å². The van der Waals surface area contributed by atoms with Crippen molar-refractivity contribution >= 4 is 0 Å². The van der Waals surface area contributed by atoms with Crippen molar-refractivity contribution in [3.05, 3.63) is 105 Å². The third-order valence-electron chi connectivity index (χ3n) is 6.65. The van der Waals surface area contributed by atoms with Crippen LogP contribution < -0.4 is 5.56 Å². The SMILES string of the molecule is Cc1cccc(F)c1.O=c1c(C2CCCCC2)cc(-c2nccc(C(F)F)n2)nn1Cc1ncccc1C(F)(F)F. The predicted octanol–water partition coefficient (Wildman–Crippen LogP) is 7.28. The van der Waals surface area contributed by atoms with Crippen molar-refractivity contribution in [1.82, 2.24) is 24.7 Å². The standard InChI is InChI=1S/C22H20F5N5O.C7H7F/c23-19(24)16-8-10-29-20(30-16)17-11-14(13-5-2-1-3-6-13)21(33)32(31-17)12-18-15(22(25,26)27)7-4-9-28-18;1-6-3-2-4-7(8)5-6/h4,7-11,13,19H,1-3,5-6,12H2;2-5H,1H3. The molecule has 0 amide bonds. The number of alkyl halides is 5. The molecule has 5 rings (SSSR count). The number of rotatable bonds is 5. The van der Waals surface area contributed by atoms with Crippen molar-refractivity contribution in [3.8, 4) is 11.5 Å². The number of pyridine rings is 1. The van der Waals surface area contributed by atoms with Crippen LogP contribution in [0.25, 0.3) is 11.5 Å². The number of aryl methyl sites for hydroxylation is 1. The van der Waals surface area contributed by atoms with Gasteiger partial charge in [-0.3, -0.25) is 9.78 Å². The van der Waals surface area contributed by atoms with Crippen LogP contribution in [-0.4, -0.2) is 24.7 Å². The van der Waals surface area contributed by atoms with Crippen LogP contribution in [0.5, 0.6) is 0 Å². The lowest BCUT2D eigenvalue weighted by Crippen LogP contribution is -2.30. The molecule has 41 heavy (non-hydrogen) atoms. The molecular formula is C29H27F6N5O.